The van der Waals surface area contributed by atoms with Crippen molar-refractivity contribution in [3.05, 3.63) is 61.1 Å². The van der Waals surface area contributed by atoms with Gasteiger partial charge in [0.05, 0.1) is 23.0 Å². The van der Waals surface area contributed by atoms with Gasteiger partial charge in [-0.15, -0.1) is 0 Å². The lowest BCUT2D eigenvalue weighted by atomic mass is 9.95. The van der Waals surface area contributed by atoms with Gasteiger partial charge in [-0.2, -0.15) is 13.2 Å². The second kappa shape index (κ2) is 9.82. The highest BCUT2D eigenvalue weighted by Crippen LogP contribution is 2.32. The predicted molar refractivity (Wildman–Crippen MR) is 115 cm³/mol. The third-order valence-corrected chi connectivity index (χ3v) is 5.47. The average Bonchev–Trinajstić information content (AvgIpc) is 3.17. The lowest BCUT2D eigenvalue weighted by molar-refractivity contribution is -0.168. The van der Waals surface area contributed by atoms with E-state index in [2.05, 4.69) is 5.16 Å². The Balaban J connectivity index is 1.98. The van der Waals surface area contributed by atoms with Crippen LogP contribution in [0.2, 0.25) is 5.02 Å². The van der Waals surface area contributed by atoms with Crippen molar-refractivity contribution in [2.75, 3.05) is 19.8 Å². The van der Waals surface area contributed by atoms with E-state index in [1.54, 1.807) is 6.92 Å². The number of esters is 1. The van der Waals surface area contributed by atoms with E-state index in [4.69, 9.17) is 25.9 Å². The molecule has 35 heavy (non-hydrogen) atoms. The molecule has 1 aliphatic rings. The Hall–Kier alpha value is -3.19. The molecule has 1 aromatic carbocycles. The Kier molecular flexibility index (Phi) is 7.41. The summed E-state index contributed by atoms with van der Waals surface area (Å²) < 4.78 is 64.7. The number of oxime groups is 1. The standard InChI is InChI=1S/C21H20ClF4N3O6/c1-4-33-5-6-34-18(31)20(2)10-14(27-35-20)11-7-15(13(23)8-12(11)22)29-17(30)9-16(21(24,25)26)28(3)19(29)32/h7-9H,4-6,10H2,1-3H3. The van der Waals surface area contributed by atoms with Crippen molar-refractivity contribution in [1.29, 1.82) is 0 Å². The third-order valence-electron chi connectivity index (χ3n) is 5.16. The molecule has 0 fully saturated rings. The van der Waals surface area contributed by atoms with E-state index >= 15 is 0 Å². The molecule has 190 valence electrons. The Morgan fingerprint density at radius 1 is 1.26 bits per heavy atom. The minimum atomic E-state index is -4.98. The van der Waals surface area contributed by atoms with Crippen LogP contribution >= 0.6 is 11.6 Å². The summed E-state index contributed by atoms with van der Waals surface area (Å²) in [6.07, 6.45) is -5.14. The fourth-order valence-corrected chi connectivity index (χ4v) is 3.59. The Morgan fingerprint density at radius 3 is 2.57 bits per heavy atom. The van der Waals surface area contributed by atoms with Gasteiger partial charge >= 0.3 is 17.8 Å². The number of ether oxygens (including phenoxy) is 2. The van der Waals surface area contributed by atoms with Crippen molar-refractivity contribution in [1.82, 2.24) is 9.13 Å². The number of hydrogen-bond donors (Lipinski definition) is 0. The molecule has 1 unspecified atom stereocenters. The first-order valence-electron chi connectivity index (χ1n) is 10.2. The van der Waals surface area contributed by atoms with Crippen molar-refractivity contribution in [2.45, 2.75) is 32.0 Å². The van der Waals surface area contributed by atoms with E-state index in [0.29, 0.717) is 6.61 Å². The van der Waals surface area contributed by atoms with Gasteiger partial charge in [-0.25, -0.2) is 18.5 Å². The van der Waals surface area contributed by atoms with E-state index in [0.717, 1.165) is 19.2 Å². The smallest absolute Gasteiger partial charge is 0.431 e. The van der Waals surface area contributed by atoms with Crippen LogP contribution in [-0.4, -0.2) is 46.2 Å². The number of benzene rings is 1. The molecule has 0 N–H and O–H groups in total. The van der Waals surface area contributed by atoms with Gasteiger partial charge in [-0.05, 0) is 26.0 Å². The highest BCUT2D eigenvalue weighted by molar-refractivity contribution is 6.34. The minimum absolute atomic E-state index is 0.00255. The molecular formula is C21H20ClF4N3O6. The van der Waals surface area contributed by atoms with Gasteiger partial charge in [0.15, 0.2) is 0 Å². The van der Waals surface area contributed by atoms with Crippen LogP contribution in [0.1, 0.15) is 31.5 Å². The number of alkyl halides is 3. The summed E-state index contributed by atoms with van der Waals surface area (Å²) in [4.78, 5) is 42.6. The molecule has 1 aromatic heterocycles. The summed E-state index contributed by atoms with van der Waals surface area (Å²) in [6, 6.07) is 1.93. The number of aromatic nitrogens is 2. The lowest BCUT2D eigenvalue weighted by Gasteiger charge is -2.19. The van der Waals surface area contributed by atoms with Crippen LogP contribution in [0.4, 0.5) is 17.6 Å². The van der Waals surface area contributed by atoms with Gasteiger partial charge in [0.2, 0.25) is 5.60 Å². The molecule has 0 spiro atoms. The summed E-state index contributed by atoms with van der Waals surface area (Å²) >= 11 is 6.13. The fraction of sp³-hybridized carbons (Fsp3) is 0.429. The topological polar surface area (TPSA) is 101 Å². The summed E-state index contributed by atoms with van der Waals surface area (Å²) in [5.74, 6) is -1.89. The van der Waals surface area contributed by atoms with Crippen molar-refractivity contribution >= 4 is 23.3 Å². The average molecular weight is 522 g/mol. The Labute approximate surface area is 200 Å². The number of hydrogen-bond acceptors (Lipinski definition) is 7. The second-order valence-corrected chi connectivity index (χ2v) is 8.10. The normalized spacial score (nSPS) is 17.8. The molecule has 1 atom stereocenters. The summed E-state index contributed by atoms with van der Waals surface area (Å²) in [7, 11) is 0.799. The number of carbonyl (C=O) groups is 1. The van der Waals surface area contributed by atoms with Crippen molar-refractivity contribution in [3.8, 4) is 5.69 Å². The second-order valence-electron chi connectivity index (χ2n) is 7.70. The number of nitrogens with zero attached hydrogens (tertiary/aromatic N) is 3. The van der Waals surface area contributed by atoms with Crippen molar-refractivity contribution in [3.63, 3.8) is 0 Å². The highest BCUT2D eigenvalue weighted by atomic mass is 35.5. The highest BCUT2D eigenvalue weighted by Gasteiger charge is 2.44. The van der Waals surface area contributed by atoms with E-state index in [9.17, 15) is 31.9 Å². The molecule has 0 saturated carbocycles. The number of halogens is 5. The molecule has 1 aliphatic heterocycles. The first-order chi connectivity index (χ1) is 16.3. The van der Waals surface area contributed by atoms with Crippen LogP contribution in [0.15, 0.2) is 32.9 Å². The number of rotatable bonds is 7. The van der Waals surface area contributed by atoms with Gasteiger partial charge in [0.25, 0.3) is 5.56 Å². The summed E-state index contributed by atoms with van der Waals surface area (Å²) in [6.45, 7) is 3.77. The first-order valence-corrected chi connectivity index (χ1v) is 10.6. The maximum absolute atomic E-state index is 14.7. The molecule has 0 bridgehead atoms. The largest absolute Gasteiger partial charge is 0.460 e. The van der Waals surface area contributed by atoms with Gasteiger partial charge in [0.1, 0.15) is 18.1 Å². The molecule has 2 heterocycles. The molecule has 0 radical (unpaired) electrons. The van der Waals surface area contributed by atoms with Crippen LogP contribution in [0.3, 0.4) is 0 Å². The molecule has 3 rings (SSSR count). The van der Waals surface area contributed by atoms with Crippen LogP contribution in [0.25, 0.3) is 5.69 Å². The molecule has 2 aromatic rings. The minimum Gasteiger partial charge on any atom is -0.460 e. The molecular weight excluding hydrogens is 502 g/mol. The Bertz CT molecular complexity index is 1300. The fourth-order valence-electron chi connectivity index (χ4n) is 3.33. The van der Waals surface area contributed by atoms with Crippen molar-refractivity contribution < 1.29 is 36.7 Å². The maximum atomic E-state index is 14.7. The zero-order chi connectivity index (χ0) is 26.1. The van der Waals surface area contributed by atoms with Crippen LogP contribution in [0, 0.1) is 5.82 Å². The van der Waals surface area contributed by atoms with E-state index < -0.39 is 46.2 Å². The first kappa shape index (κ1) is 26.4. The van der Waals surface area contributed by atoms with Gasteiger partial charge in [0, 0.05) is 31.7 Å². The number of carbonyl (C=O) groups excluding carboxylic acids is 1. The molecule has 0 amide bonds. The summed E-state index contributed by atoms with van der Waals surface area (Å²) in [5, 5.41) is 3.62. The van der Waals surface area contributed by atoms with Crippen LogP contribution in [0.5, 0.6) is 0 Å². The Morgan fingerprint density at radius 2 is 1.94 bits per heavy atom. The van der Waals surface area contributed by atoms with Gasteiger partial charge < -0.3 is 14.3 Å². The zero-order valence-corrected chi connectivity index (χ0v) is 19.5. The van der Waals surface area contributed by atoms with Gasteiger partial charge in [-0.3, -0.25) is 9.36 Å². The van der Waals surface area contributed by atoms with E-state index in [-0.39, 0.29) is 51.1 Å². The molecule has 0 saturated heterocycles. The summed E-state index contributed by atoms with van der Waals surface area (Å²) in [5.41, 5.74) is -6.45. The van der Waals surface area contributed by atoms with Gasteiger partial charge in [-0.1, -0.05) is 16.8 Å². The van der Waals surface area contributed by atoms with Crippen molar-refractivity contribution in [2.24, 2.45) is 12.2 Å². The lowest BCUT2D eigenvalue weighted by Crippen LogP contribution is -2.41. The van der Waals surface area contributed by atoms with E-state index in [1.165, 1.54) is 6.92 Å². The van der Waals surface area contributed by atoms with Crippen LogP contribution < -0.4 is 11.2 Å². The monoisotopic (exact) mass is 521 g/mol. The molecule has 9 nitrogen and oxygen atoms in total. The third kappa shape index (κ3) is 5.25. The van der Waals surface area contributed by atoms with E-state index in [1.807, 2.05) is 0 Å². The maximum Gasteiger partial charge on any atom is 0.431 e. The molecule has 14 heteroatoms. The SMILES string of the molecule is CCOCCOC(=O)C1(C)CC(c2cc(-n3c(=O)cc(C(F)(F)F)n(C)c3=O)c(F)cc2Cl)=NO1. The predicted octanol–water partition coefficient (Wildman–Crippen LogP) is 2.81. The van der Waals surface area contributed by atoms with Crippen LogP contribution in [-0.2, 0) is 32.3 Å². The quantitative estimate of drug-likeness (QED) is 0.315. The molecule has 0 aliphatic carbocycles. The zero-order valence-electron chi connectivity index (χ0n) is 18.7.